The van der Waals surface area contributed by atoms with E-state index < -0.39 is 0 Å². The number of carbonyl (C=O) groups is 1. The predicted molar refractivity (Wildman–Crippen MR) is 77.9 cm³/mol. The third-order valence-corrected chi connectivity index (χ3v) is 3.99. The van der Waals surface area contributed by atoms with Crippen molar-refractivity contribution in [2.45, 2.75) is 12.8 Å². The maximum absolute atomic E-state index is 11.5. The van der Waals surface area contributed by atoms with Gasteiger partial charge in [-0.15, -0.1) is 0 Å². The number of esters is 1. The summed E-state index contributed by atoms with van der Waals surface area (Å²) >= 11 is 0. The van der Waals surface area contributed by atoms with E-state index in [1.54, 1.807) is 12.2 Å². The van der Waals surface area contributed by atoms with Crippen molar-refractivity contribution in [3.63, 3.8) is 0 Å². The number of fused-ring (bicyclic) bond motifs is 4. The molecule has 0 aromatic heterocycles. The van der Waals surface area contributed by atoms with Gasteiger partial charge in [-0.1, -0.05) is 18.2 Å². The lowest BCUT2D eigenvalue weighted by atomic mass is 9.96. The van der Waals surface area contributed by atoms with Crippen LogP contribution in [0.15, 0.2) is 29.5 Å². The monoisotopic (exact) mass is 282 g/mol. The zero-order chi connectivity index (χ0) is 14.4. The number of hydrogen-bond donors (Lipinski definition) is 1. The number of ether oxygens (including phenoxy) is 2. The molecule has 1 aliphatic carbocycles. The largest absolute Gasteiger partial charge is 0.508 e. The van der Waals surface area contributed by atoms with E-state index >= 15 is 0 Å². The zero-order valence-electron chi connectivity index (χ0n) is 11.4. The molecular weight excluding hydrogens is 268 g/mol. The molecule has 1 aromatic carbocycles. The van der Waals surface area contributed by atoms with Crippen LogP contribution in [0.3, 0.4) is 0 Å². The first kappa shape index (κ1) is 12.3. The standard InChI is InChI=1S/C17H14O4/c18-12-6-11-7-16(19)21-9-15(11)13-4-3-10-2-1-5-20-17(10)14(13)8-12/h2-4,6,8,18H,1,5,7,9H2. The topological polar surface area (TPSA) is 55.8 Å². The summed E-state index contributed by atoms with van der Waals surface area (Å²) in [4.78, 5) is 11.5. The molecule has 4 heteroatoms. The molecule has 0 bridgehead atoms. The minimum absolute atomic E-state index is 0.138. The lowest BCUT2D eigenvalue weighted by Gasteiger charge is -2.19. The SMILES string of the molecule is O=C1CC2=CC(O)=Cc3c4c(ccc3=C2CO1)=CCCO4. The Bertz CT molecular complexity index is 827. The summed E-state index contributed by atoms with van der Waals surface area (Å²) in [5, 5.41) is 12.1. The summed E-state index contributed by atoms with van der Waals surface area (Å²) < 4.78 is 11.0. The van der Waals surface area contributed by atoms with Gasteiger partial charge in [-0.2, -0.15) is 0 Å². The highest BCUT2D eigenvalue weighted by Crippen LogP contribution is 2.27. The van der Waals surface area contributed by atoms with Gasteiger partial charge in [0.05, 0.1) is 13.0 Å². The van der Waals surface area contributed by atoms with Crippen molar-refractivity contribution in [1.82, 2.24) is 0 Å². The Hall–Kier alpha value is -2.49. The van der Waals surface area contributed by atoms with Gasteiger partial charge in [0.1, 0.15) is 18.1 Å². The van der Waals surface area contributed by atoms with Crippen LogP contribution in [0.25, 0.3) is 17.7 Å². The van der Waals surface area contributed by atoms with Gasteiger partial charge in [0.2, 0.25) is 0 Å². The molecule has 1 aromatic rings. The molecule has 0 saturated carbocycles. The van der Waals surface area contributed by atoms with Crippen LogP contribution < -0.4 is 15.2 Å². The van der Waals surface area contributed by atoms with Gasteiger partial charge in [-0.05, 0) is 22.9 Å². The molecule has 2 heterocycles. The van der Waals surface area contributed by atoms with Gasteiger partial charge in [-0.25, -0.2) is 0 Å². The number of hydrogen-bond acceptors (Lipinski definition) is 4. The van der Waals surface area contributed by atoms with Crippen molar-refractivity contribution in [2.75, 3.05) is 13.2 Å². The maximum atomic E-state index is 11.5. The zero-order valence-corrected chi connectivity index (χ0v) is 11.4. The molecule has 2 aliphatic heterocycles. The molecule has 0 atom stereocenters. The summed E-state index contributed by atoms with van der Waals surface area (Å²) in [6.45, 7) is 0.879. The van der Waals surface area contributed by atoms with Crippen molar-refractivity contribution in [1.29, 1.82) is 0 Å². The van der Waals surface area contributed by atoms with Gasteiger partial charge in [0.15, 0.2) is 0 Å². The van der Waals surface area contributed by atoms with Crippen LogP contribution in [0.5, 0.6) is 5.75 Å². The van der Waals surface area contributed by atoms with Crippen molar-refractivity contribution in [2.24, 2.45) is 0 Å². The van der Waals surface area contributed by atoms with Crippen LogP contribution in [-0.2, 0) is 9.53 Å². The first-order valence-corrected chi connectivity index (χ1v) is 6.99. The normalized spacial score (nSPS) is 19.6. The third kappa shape index (κ3) is 1.95. The molecule has 0 radical (unpaired) electrons. The molecular formula is C17H14O4. The van der Waals surface area contributed by atoms with Gasteiger partial charge < -0.3 is 14.6 Å². The Kier molecular flexibility index (Phi) is 2.64. The van der Waals surface area contributed by atoms with Crippen LogP contribution in [0.2, 0.25) is 0 Å². The van der Waals surface area contributed by atoms with Crippen LogP contribution >= 0.6 is 0 Å². The smallest absolute Gasteiger partial charge is 0.310 e. The Labute approximate surface area is 121 Å². The Morgan fingerprint density at radius 1 is 1.14 bits per heavy atom. The molecule has 1 fully saturated rings. The summed E-state index contributed by atoms with van der Waals surface area (Å²) in [6.07, 6.45) is 6.56. The quantitative estimate of drug-likeness (QED) is 0.726. The van der Waals surface area contributed by atoms with Crippen LogP contribution in [0.4, 0.5) is 0 Å². The second-order valence-corrected chi connectivity index (χ2v) is 5.34. The molecule has 1 saturated heterocycles. The lowest BCUT2D eigenvalue weighted by Crippen LogP contribution is -2.26. The summed E-state index contributed by atoms with van der Waals surface area (Å²) in [6, 6.07) is 4.03. The fraction of sp³-hybridized carbons (Fsp3) is 0.235. The highest BCUT2D eigenvalue weighted by Gasteiger charge is 2.24. The predicted octanol–water partition coefficient (Wildman–Crippen LogP) is 1.19. The molecule has 3 aliphatic rings. The molecule has 0 spiro atoms. The van der Waals surface area contributed by atoms with E-state index in [4.69, 9.17) is 9.47 Å². The van der Waals surface area contributed by atoms with Crippen LogP contribution in [-0.4, -0.2) is 24.3 Å². The van der Waals surface area contributed by atoms with E-state index in [0.717, 1.165) is 39.3 Å². The van der Waals surface area contributed by atoms with Gasteiger partial charge in [0.25, 0.3) is 0 Å². The number of aliphatic hydroxyl groups is 1. The highest BCUT2D eigenvalue weighted by atomic mass is 16.5. The second-order valence-electron chi connectivity index (χ2n) is 5.34. The number of aliphatic hydroxyl groups excluding tert-OH is 1. The fourth-order valence-corrected chi connectivity index (χ4v) is 3.04. The molecule has 106 valence electrons. The van der Waals surface area contributed by atoms with Crippen molar-refractivity contribution < 1.29 is 19.4 Å². The Balaban J connectivity index is 2.06. The highest BCUT2D eigenvalue weighted by molar-refractivity contribution is 5.87. The molecule has 21 heavy (non-hydrogen) atoms. The van der Waals surface area contributed by atoms with Crippen molar-refractivity contribution >= 4 is 23.7 Å². The van der Waals surface area contributed by atoms with Gasteiger partial charge in [0, 0.05) is 22.8 Å². The number of carbonyl (C=O) groups excluding carboxylic acids is 1. The first-order valence-electron chi connectivity index (χ1n) is 6.99. The van der Waals surface area contributed by atoms with Gasteiger partial charge >= 0.3 is 5.97 Å². The Morgan fingerprint density at radius 3 is 2.95 bits per heavy atom. The number of cyclic esters (lactones) is 1. The minimum Gasteiger partial charge on any atom is -0.508 e. The average Bonchev–Trinajstić information content (AvgIpc) is 2.62. The van der Waals surface area contributed by atoms with E-state index in [0.29, 0.717) is 6.61 Å². The second kappa shape index (κ2) is 4.52. The molecule has 4 nitrogen and oxygen atoms in total. The van der Waals surface area contributed by atoms with E-state index in [1.165, 1.54) is 0 Å². The maximum Gasteiger partial charge on any atom is 0.310 e. The van der Waals surface area contributed by atoms with Crippen LogP contribution in [0, 0.1) is 0 Å². The lowest BCUT2D eigenvalue weighted by molar-refractivity contribution is -0.142. The summed E-state index contributed by atoms with van der Waals surface area (Å²) in [5.74, 6) is 0.673. The summed E-state index contributed by atoms with van der Waals surface area (Å²) in [7, 11) is 0. The number of benzene rings is 1. The summed E-state index contributed by atoms with van der Waals surface area (Å²) in [5.41, 5.74) is 2.63. The first-order chi connectivity index (χ1) is 10.2. The van der Waals surface area contributed by atoms with Gasteiger partial charge in [-0.3, -0.25) is 4.79 Å². The number of allylic oxidation sites excluding steroid dienone is 1. The van der Waals surface area contributed by atoms with E-state index in [1.807, 2.05) is 12.1 Å². The molecule has 1 N–H and O–H groups in total. The van der Waals surface area contributed by atoms with E-state index in [9.17, 15) is 9.90 Å². The minimum atomic E-state index is -0.260. The van der Waals surface area contributed by atoms with Crippen LogP contribution in [0.1, 0.15) is 18.4 Å². The van der Waals surface area contributed by atoms with E-state index in [2.05, 4.69) is 6.08 Å². The average molecular weight is 282 g/mol. The van der Waals surface area contributed by atoms with Crippen molar-refractivity contribution in [3.05, 3.63) is 45.5 Å². The van der Waals surface area contributed by atoms with Crippen molar-refractivity contribution in [3.8, 4) is 5.75 Å². The van der Waals surface area contributed by atoms with E-state index in [-0.39, 0.29) is 24.8 Å². The molecule has 4 rings (SSSR count). The number of rotatable bonds is 0. The Morgan fingerprint density at radius 2 is 2.05 bits per heavy atom. The molecule has 0 amide bonds. The third-order valence-electron chi connectivity index (χ3n) is 3.99. The molecule has 0 unspecified atom stereocenters. The fourth-order valence-electron chi connectivity index (χ4n) is 3.04.